The van der Waals surface area contributed by atoms with Gasteiger partial charge in [0, 0.05) is 48.7 Å². The van der Waals surface area contributed by atoms with Gasteiger partial charge in [0.15, 0.2) is 0 Å². The molecule has 2 aromatic rings. The fraction of sp³-hybridized carbons (Fsp3) is 0.524. The maximum Gasteiger partial charge on any atom is 0.255 e. The van der Waals surface area contributed by atoms with Gasteiger partial charge in [-0.25, -0.2) is 0 Å². The molecule has 0 aliphatic carbocycles. The number of carbonyl (C=O) groups is 1. The van der Waals surface area contributed by atoms with Crippen LogP contribution in [0.2, 0.25) is 0 Å². The maximum atomic E-state index is 12.9. The molecule has 0 aromatic carbocycles. The number of likely N-dealkylation sites (tertiary alicyclic amines) is 1. The number of thiophene rings is 1. The van der Waals surface area contributed by atoms with Gasteiger partial charge in [-0.05, 0) is 49.8 Å². The summed E-state index contributed by atoms with van der Waals surface area (Å²) in [6, 6.07) is 4.71. The number of hydrogen-bond acceptors (Lipinski definition) is 4. The number of hydrogen-bond donors (Lipinski definition) is 0. The molecule has 1 atom stereocenters. The van der Waals surface area contributed by atoms with E-state index in [1.165, 1.54) is 16.0 Å². The normalized spacial score (nSPS) is 20.4. The minimum Gasteiger partial charge on any atom is -0.336 e. The monoisotopic (exact) mass is 369 g/mol. The second kappa shape index (κ2) is 7.49. The van der Waals surface area contributed by atoms with E-state index in [0.717, 1.165) is 63.1 Å². The quantitative estimate of drug-likeness (QED) is 0.820. The predicted molar refractivity (Wildman–Crippen MR) is 105 cm³/mol. The second-order valence-electron chi connectivity index (χ2n) is 7.51. The van der Waals surface area contributed by atoms with Crippen LogP contribution in [0, 0.1) is 0 Å². The van der Waals surface area contributed by atoms with Crippen LogP contribution in [0.25, 0.3) is 0 Å². The highest BCUT2D eigenvalue weighted by atomic mass is 32.1. The molecule has 0 radical (unpaired) electrons. The van der Waals surface area contributed by atoms with E-state index in [1.807, 2.05) is 6.20 Å². The number of fused-ring (bicyclic) bond motifs is 1. The van der Waals surface area contributed by atoms with Crippen LogP contribution in [0.5, 0.6) is 0 Å². The van der Waals surface area contributed by atoms with Crippen molar-refractivity contribution in [2.75, 3.05) is 13.1 Å². The zero-order valence-corrected chi connectivity index (χ0v) is 16.5. The summed E-state index contributed by atoms with van der Waals surface area (Å²) in [6.07, 6.45) is 6.26. The average Bonchev–Trinajstić information content (AvgIpc) is 3.27. The molecule has 4 nitrogen and oxygen atoms in total. The molecule has 4 heterocycles. The first kappa shape index (κ1) is 17.7. The molecule has 0 saturated carbocycles. The molecule has 0 N–H and O–H groups in total. The van der Waals surface area contributed by atoms with Crippen LogP contribution >= 0.6 is 11.3 Å². The molecule has 0 bridgehead atoms. The van der Waals surface area contributed by atoms with Gasteiger partial charge in [-0.1, -0.05) is 13.0 Å². The molecular weight excluding hydrogens is 342 g/mol. The highest BCUT2D eigenvalue weighted by molar-refractivity contribution is 7.10. The lowest BCUT2D eigenvalue weighted by Crippen LogP contribution is -2.35. The molecule has 26 heavy (non-hydrogen) atoms. The van der Waals surface area contributed by atoms with Crippen molar-refractivity contribution >= 4 is 17.2 Å². The Morgan fingerprint density at radius 2 is 2.23 bits per heavy atom. The lowest BCUT2D eigenvalue weighted by Gasteiger charge is -2.28. The van der Waals surface area contributed by atoms with Crippen molar-refractivity contribution in [3.05, 3.63) is 51.0 Å². The van der Waals surface area contributed by atoms with E-state index in [2.05, 4.69) is 46.1 Å². The Morgan fingerprint density at radius 3 is 2.92 bits per heavy atom. The van der Waals surface area contributed by atoms with Gasteiger partial charge >= 0.3 is 0 Å². The van der Waals surface area contributed by atoms with E-state index in [-0.39, 0.29) is 5.91 Å². The smallest absolute Gasteiger partial charge is 0.255 e. The van der Waals surface area contributed by atoms with E-state index in [4.69, 9.17) is 0 Å². The molecule has 1 fully saturated rings. The Kier molecular flexibility index (Phi) is 5.09. The average molecular weight is 370 g/mol. The molecule has 138 valence electrons. The third kappa shape index (κ3) is 3.42. The van der Waals surface area contributed by atoms with E-state index >= 15 is 0 Å². The fourth-order valence-corrected chi connectivity index (χ4v) is 5.19. The Bertz CT molecular complexity index is 783. The molecule has 0 spiro atoms. The van der Waals surface area contributed by atoms with Gasteiger partial charge in [-0.15, -0.1) is 11.3 Å². The predicted octanol–water partition coefficient (Wildman–Crippen LogP) is 3.89. The summed E-state index contributed by atoms with van der Waals surface area (Å²) in [5.74, 6) is 0.248. The summed E-state index contributed by atoms with van der Waals surface area (Å²) in [6.45, 7) is 8.05. The summed E-state index contributed by atoms with van der Waals surface area (Å²) >= 11 is 1.75. The Labute approximate surface area is 159 Å². The van der Waals surface area contributed by atoms with E-state index in [1.54, 1.807) is 11.3 Å². The molecule has 2 aromatic heterocycles. The van der Waals surface area contributed by atoms with Gasteiger partial charge in [-0.2, -0.15) is 0 Å². The summed E-state index contributed by atoms with van der Waals surface area (Å²) in [4.78, 5) is 23.4. The zero-order valence-electron chi connectivity index (χ0n) is 15.7. The highest BCUT2D eigenvalue weighted by Crippen LogP contribution is 2.31. The van der Waals surface area contributed by atoms with Crippen LogP contribution in [0.4, 0.5) is 0 Å². The van der Waals surface area contributed by atoms with E-state index in [0.29, 0.717) is 6.04 Å². The second-order valence-corrected chi connectivity index (χ2v) is 8.48. The lowest BCUT2D eigenvalue weighted by atomic mass is 10.0. The molecular formula is C21H27N3OS. The number of aryl methyl sites for hydroxylation is 1. The van der Waals surface area contributed by atoms with Crippen LogP contribution in [-0.4, -0.2) is 39.8 Å². The van der Waals surface area contributed by atoms with Crippen molar-refractivity contribution in [2.45, 2.75) is 58.7 Å². The number of nitrogens with zero attached hydrogens (tertiary/aromatic N) is 3. The van der Waals surface area contributed by atoms with Gasteiger partial charge in [0.05, 0.1) is 11.3 Å². The molecule has 2 aliphatic rings. The maximum absolute atomic E-state index is 12.9. The van der Waals surface area contributed by atoms with E-state index in [9.17, 15) is 4.79 Å². The molecule has 5 heteroatoms. The minimum atomic E-state index is 0.248. The molecule has 0 unspecified atom stereocenters. The van der Waals surface area contributed by atoms with Gasteiger partial charge < -0.3 is 4.90 Å². The van der Waals surface area contributed by atoms with Crippen LogP contribution in [0.15, 0.2) is 23.7 Å². The number of amides is 1. The van der Waals surface area contributed by atoms with E-state index < -0.39 is 0 Å². The third-order valence-electron chi connectivity index (χ3n) is 5.75. The first-order valence-electron chi connectivity index (χ1n) is 9.72. The Balaban J connectivity index is 1.44. The molecule has 1 amide bonds. The summed E-state index contributed by atoms with van der Waals surface area (Å²) < 4.78 is 0. The largest absolute Gasteiger partial charge is 0.336 e. The summed E-state index contributed by atoms with van der Waals surface area (Å²) in [7, 11) is 0. The number of rotatable bonds is 4. The van der Waals surface area contributed by atoms with Crippen molar-refractivity contribution < 1.29 is 4.79 Å². The van der Waals surface area contributed by atoms with Crippen LogP contribution in [0.1, 0.15) is 58.7 Å². The summed E-state index contributed by atoms with van der Waals surface area (Å²) in [5.41, 5.74) is 4.67. The lowest BCUT2D eigenvalue weighted by molar-refractivity contribution is 0.0746. The molecule has 4 rings (SSSR count). The van der Waals surface area contributed by atoms with Crippen LogP contribution in [0.3, 0.4) is 0 Å². The minimum absolute atomic E-state index is 0.248. The topological polar surface area (TPSA) is 36.4 Å². The number of pyridine rings is 1. The summed E-state index contributed by atoms with van der Waals surface area (Å²) in [5, 5.41) is 2.09. The van der Waals surface area contributed by atoms with Gasteiger partial charge in [-0.3, -0.25) is 14.7 Å². The van der Waals surface area contributed by atoms with Crippen LogP contribution < -0.4 is 0 Å². The first-order valence-corrected chi connectivity index (χ1v) is 10.6. The SMILES string of the molecule is CCc1ccc(CN2CCc3c(C(=O)N4CCC[C@H]4C)csc3C2)nc1. The molecule has 1 saturated heterocycles. The third-order valence-corrected chi connectivity index (χ3v) is 6.76. The van der Waals surface area contributed by atoms with Crippen molar-refractivity contribution in [1.82, 2.24) is 14.8 Å². The molecule has 2 aliphatic heterocycles. The Hall–Kier alpha value is -1.72. The fourth-order valence-electron chi connectivity index (χ4n) is 4.07. The van der Waals surface area contributed by atoms with Crippen molar-refractivity contribution in [2.24, 2.45) is 0 Å². The van der Waals surface area contributed by atoms with Gasteiger partial charge in [0.1, 0.15) is 0 Å². The highest BCUT2D eigenvalue weighted by Gasteiger charge is 2.30. The van der Waals surface area contributed by atoms with Crippen LogP contribution in [-0.2, 0) is 25.9 Å². The van der Waals surface area contributed by atoms with Crippen molar-refractivity contribution in [3.8, 4) is 0 Å². The van der Waals surface area contributed by atoms with Gasteiger partial charge in [0.2, 0.25) is 0 Å². The zero-order chi connectivity index (χ0) is 18.1. The van der Waals surface area contributed by atoms with Crippen molar-refractivity contribution in [1.29, 1.82) is 0 Å². The van der Waals surface area contributed by atoms with Crippen molar-refractivity contribution in [3.63, 3.8) is 0 Å². The number of carbonyl (C=O) groups excluding carboxylic acids is 1. The number of aromatic nitrogens is 1. The first-order chi connectivity index (χ1) is 12.7. The standard InChI is InChI=1S/C21H27N3OS/c1-3-16-6-7-17(22-11-16)12-23-10-8-18-19(14-26-20(18)13-23)21(25)24-9-4-5-15(24)2/h6-7,11,14-15H,3-5,8-10,12-13H2,1-2H3/t15-/m1/s1. The van der Waals surface area contributed by atoms with Gasteiger partial charge in [0.25, 0.3) is 5.91 Å². The Morgan fingerprint density at radius 1 is 1.35 bits per heavy atom.